The second kappa shape index (κ2) is 9.22. The van der Waals surface area contributed by atoms with E-state index in [1.54, 1.807) is 0 Å². The van der Waals surface area contributed by atoms with Gasteiger partial charge in [0.25, 0.3) is 0 Å². The molecule has 4 rings (SSSR count). The predicted molar refractivity (Wildman–Crippen MR) is 134 cm³/mol. The molecule has 0 atom stereocenters. The molecule has 156 valence electrons. The first-order chi connectivity index (χ1) is 15.0. The summed E-state index contributed by atoms with van der Waals surface area (Å²) in [6, 6.07) is 30.9. The molecule has 0 aliphatic rings. The van der Waals surface area contributed by atoms with Crippen molar-refractivity contribution in [2.24, 2.45) is 0 Å². The zero-order chi connectivity index (χ0) is 21.8. The summed E-state index contributed by atoms with van der Waals surface area (Å²) >= 11 is 0. The molecule has 0 aliphatic carbocycles. The Balaban J connectivity index is 1.39. The smallest absolute Gasteiger partial charge is 0.0384 e. The molecular formula is C30H31N. The summed E-state index contributed by atoms with van der Waals surface area (Å²) in [4.78, 5) is 0. The minimum atomic E-state index is 1.05. The van der Waals surface area contributed by atoms with Gasteiger partial charge in [-0.3, -0.25) is 0 Å². The number of benzene rings is 4. The molecule has 0 bridgehead atoms. The molecule has 1 nitrogen and oxygen atoms in total. The van der Waals surface area contributed by atoms with Crippen LogP contribution in [0.3, 0.4) is 0 Å². The lowest BCUT2D eigenvalue weighted by atomic mass is 9.95. The Kier molecular flexibility index (Phi) is 6.23. The average molecular weight is 406 g/mol. The highest BCUT2D eigenvalue weighted by molar-refractivity contribution is 5.66. The number of anilines is 2. The minimum Gasteiger partial charge on any atom is -0.356 e. The Morgan fingerprint density at radius 1 is 0.516 bits per heavy atom. The van der Waals surface area contributed by atoms with E-state index in [1.807, 2.05) is 0 Å². The molecule has 4 aromatic carbocycles. The fraction of sp³-hybridized carbons (Fsp3) is 0.200. The molecule has 0 heterocycles. The van der Waals surface area contributed by atoms with Crippen molar-refractivity contribution in [3.63, 3.8) is 0 Å². The monoisotopic (exact) mass is 405 g/mol. The first kappa shape index (κ1) is 20.9. The van der Waals surface area contributed by atoms with E-state index in [-0.39, 0.29) is 0 Å². The number of rotatable bonds is 6. The summed E-state index contributed by atoms with van der Waals surface area (Å²) in [5.41, 5.74) is 13.0. The molecule has 4 aromatic rings. The van der Waals surface area contributed by atoms with E-state index in [0.717, 1.165) is 24.2 Å². The molecule has 1 heteroatoms. The third kappa shape index (κ3) is 5.24. The Labute approximate surface area is 186 Å². The summed E-state index contributed by atoms with van der Waals surface area (Å²) in [7, 11) is 0. The highest BCUT2D eigenvalue weighted by Crippen LogP contribution is 2.25. The van der Waals surface area contributed by atoms with Crippen LogP contribution >= 0.6 is 0 Å². The standard InChI is InChI=1S/C30H31N/c1-21-5-15-29(16-6-21)31-30-17-9-25(10-18-30)8-12-26-13-14-28(20-24(26)4)27-11-7-22(2)23(3)19-27/h5-7,9-11,13-20,31H,8,12H2,1-4H3. The van der Waals surface area contributed by atoms with Gasteiger partial charge in [-0.15, -0.1) is 0 Å². The van der Waals surface area contributed by atoms with Crippen LogP contribution in [-0.4, -0.2) is 0 Å². The molecule has 0 fully saturated rings. The topological polar surface area (TPSA) is 12.0 Å². The van der Waals surface area contributed by atoms with Crippen molar-refractivity contribution in [1.29, 1.82) is 0 Å². The van der Waals surface area contributed by atoms with Crippen LogP contribution in [0.4, 0.5) is 11.4 Å². The van der Waals surface area contributed by atoms with Crippen LogP contribution < -0.4 is 5.32 Å². The van der Waals surface area contributed by atoms with Gasteiger partial charge >= 0.3 is 0 Å². The van der Waals surface area contributed by atoms with Gasteiger partial charge in [0.05, 0.1) is 0 Å². The molecular weight excluding hydrogens is 374 g/mol. The lowest BCUT2D eigenvalue weighted by Gasteiger charge is -2.11. The highest BCUT2D eigenvalue weighted by atomic mass is 14.9. The zero-order valence-corrected chi connectivity index (χ0v) is 19.0. The van der Waals surface area contributed by atoms with E-state index in [9.17, 15) is 0 Å². The van der Waals surface area contributed by atoms with Crippen LogP contribution in [0, 0.1) is 27.7 Å². The third-order valence-electron chi connectivity index (χ3n) is 6.16. The summed E-state index contributed by atoms with van der Waals surface area (Å²) < 4.78 is 0. The van der Waals surface area contributed by atoms with Crippen molar-refractivity contribution in [2.45, 2.75) is 40.5 Å². The molecule has 0 saturated heterocycles. The summed E-state index contributed by atoms with van der Waals surface area (Å²) in [6.07, 6.45) is 2.11. The number of aryl methyl sites for hydroxylation is 6. The van der Waals surface area contributed by atoms with Gasteiger partial charge in [0.1, 0.15) is 0 Å². The molecule has 0 saturated carbocycles. The largest absolute Gasteiger partial charge is 0.356 e. The molecule has 0 unspecified atom stereocenters. The fourth-order valence-corrected chi connectivity index (χ4v) is 3.91. The predicted octanol–water partition coefficient (Wildman–Crippen LogP) is 8.12. The number of hydrogen-bond acceptors (Lipinski definition) is 1. The van der Waals surface area contributed by atoms with E-state index in [0.29, 0.717) is 0 Å². The number of hydrogen-bond donors (Lipinski definition) is 1. The van der Waals surface area contributed by atoms with Gasteiger partial charge in [-0.05, 0) is 104 Å². The van der Waals surface area contributed by atoms with Crippen LogP contribution in [0.5, 0.6) is 0 Å². The maximum absolute atomic E-state index is 3.47. The van der Waals surface area contributed by atoms with Gasteiger partial charge in [0, 0.05) is 11.4 Å². The first-order valence-electron chi connectivity index (χ1n) is 11.1. The molecule has 0 spiro atoms. The van der Waals surface area contributed by atoms with Crippen LogP contribution in [0.1, 0.15) is 33.4 Å². The van der Waals surface area contributed by atoms with Crippen LogP contribution in [0.2, 0.25) is 0 Å². The molecule has 0 aliphatic heterocycles. The number of nitrogens with one attached hydrogen (secondary N) is 1. The second-order valence-corrected chi connectivity index (χ2v) is 8.63. The molecule has 31 heavy (non-hydrogen) atoms. The van der Waals surface area contributed by atoms with E-state index >= 15 is 0 Å². The Morgan fingerprint density at radius 2 is 1.10 bits per heavy atom. The van der Waals surface area contributed by atoms with Crippen molar-refractivity contribution in [3.8, 4) is 11.1 Å². The van der Waals surface area contributed by atoms with E-state index in [4.69, 9.17) is 0 Å². The minimum absolute atomic E-state index is 1.05. The van der Waals surface area contributed by atoms with Gasteiger partial charge in [0.2, 0.25) is 0 Å². The van der Waals surface area contributed by atoms with E-state index in [1.165, 1.54) is 44.5 Å². The lowest BCUT2D eigenvalue weighted by Crippen LogP contribution is -1.96. The maximum atomic E-state index is 3.47. The quantitative estimate of drug-likeness (QED) is 0.341. The lowest BCUT2D eigenvalue weighted by molar-refractivity contribution is 0.950. The van der Waals surface area contributed by atoms with E-state index < -0.39 is 0 Å². The zero-order valence-electron chi connectivity index (χ0n) is 19.0. The van der Waals surface area contributed by atoms with Crippen LogP contribution in [0.25, 0.3) is 11.1 Å². The summed E-state index contributed by atoms with van der Waals surface area (Å²) in [5, 5.41) is 3.47. The fourth-order valence-electron chi connectivity index (χ4n) is 3.91. The Bertz CT molecular complexity index is 1170. The summed E-state index contributed by atoms with van der Waals surface area (Å²) in [5.74, 6) is 0. The Hall–Kier alpha value is -3.32. The second-order valence-electron chi connectivity index (χ2n) is 8.63. The van der Waals surface area contributed by atoms with Crippen molar-refractivity contribution in [2.75, 3.05) is 5.32 Å². The SMILES string of the molecule is Cc1ccc(Nc2ccc(CCc3ccc(-c4ccc(C)c(C)c4)cc3C)cc2)cc1. The summed E-state index contributed by atoms with van der Waals surface area (Å²) in [6.45, 7) is 8.69. The average Bonchev–Trinajstić information content (AvgIpc) is 2.77. The van der Waals surface area contributed by atoms with E-state index in [2.05, 4.69) is 118 Å². The van der Waals surface area contributed by atoms with Crippen LogP contribution in [-0.2, 0) is 12.8 Å². The molecule has 0 aromatic heterocycles. The van der Waals surface area contributed by atoms with Crippen molar-refractivity contribution in [3.05, 3.63) is 118 Å². The third-order valence-corrected chi connectivity index (χ3v) is 6.16. The van der Waals surface area contributed by atoms with Crippen LogP contribution in [0.15, 0.2) is 84.9 Å². The maximum Gasteiger partial charge on any atom is 0.0384 e. The normalized spacial score (nSPS) is 10.8. The first-order valence-corrected chi connectivity index (χ1v) is 11.1. The van der Waals surface area contributed by atoms with Crippen molar-refractivity contribution in [1.82, 2.24) is 0 Å². The van der Waals surface area contributed by atoms with Gasteiger partial charge < -0.3 is 5.32 Å². The van der Waals surface area contributed by atoms with Gasteiger partial charge in [-0.1, -0.05) is 66.2 Å². The van der Waals surface area contributed by atoms with Crippen molar-refractivity contribution < 1.29 is 0 Å². The molecule has 0 radical (unpaired) electrons. The highest BCUT2D eigenvalue weighted by Gasteiger charge is 2.05. The molecule has 1 N–H and O–H groups in total. The Morgan fingerprint density at radius 3 is 1.71 bits per heavy atom. The van der Waals surface area contributed by atoms with Crippen molar-refractivity contribution >= 4 is 11.4 Å². The van der Waals surface area contributed by atoms with Gasteiger partial charge in [-0.2, -0.15) is 0 Å². The van der Waals surface area contributed by atoms with Gasteiger partial charge in [0.15, 0.2) is 0 Å². The molecule has 0 amide bonds. The van der Waals surface area contributed by atoms with Gasteiger partial charge in [-0.25, -0.2) is 0 Å².